The van der Waals surface area contributed by atoms with Crippen LogP contribution in [0.1, 0.15) is 55.5 Å². The van der Waals surface area contributed by atoms with Crippen molar-refractivity contribution >= 4 is 17.7 Å². The molecule has 188 valence electrons. The van der Waals surface area contributed by atoms with E-state index in [2.05, 4.69) is 24.4 Å². The monoisotopic (exact) mass is 504 g/mol. The van der Waals surface area contributed by atoms with Gasteiger partial charge in [-0.05, 0) is 37.5 Å². The highest BCUT2D eigenvalue weighted by Gasteiger charge is 2.29. The molecule has 2 aliphatic rings. The number of aromatic nitrogens is 2. The molecule has 1 aliphatic carbocycles. The van der Waals surface area contributed by atoms with Crippen LogP contribution in [0.25, 0.3) is 5.69 Å². The van der Waals surface area contributed by atoms with Crippen molar-refractivity contribution in [3.8, 4) is 11.4 Å². The van der Waals surface area contributed by atoms with Crippen LogP contribution in [0.15, 0.2) is 64.5 Å². The van der Waals surface area contributed by atoms with E-state index < -0.39 is 0 Å². The number of amides is 1. The molecule has 0 saturated heterocycles. The maximum atomic E-state index is 13.8. The normalized spacial score (nSPS) is 16.3. The van der Waals surface area contributed by atoms with E-state index in [0.29, 0.717) is 47.6 Å². The molecule has 0 spiro atoms. The van der Waals surface area contributed by atoms with Gasteiger partial charge >= 0.3 is 0 Å². The second kappa shape index (κ2) is 10.9. The zero-order chi connectivity index (χ0) is 25.1. The van der Waals surface area contributed by atoms with Crippen LogP contribution >= 0.6 is 11.8 Å². The van der Waals surface area contributed by atoms with Crippen molar-refractivity contribution in [3.63, 3.8) is 0 Å². The van der Waals surface area contributed by atoms with Gasteiger partial charge in [0.2, 0.25) is 5.91 Å². The number of thioether (sulfide) groups is 1. The van der Waals surface area contributed by atoms with Gasteiger partial charge in [0, 0.05) is 37.2 Å². The fourth-order valence-electron chi connectivity index (χ4n) is 4.66. The van der Waals surface area contributed by atoms with E-state index in [-0.39, 0.29) is 29.8 Å². The molecule has 1 atom stereocenters. The van der Waals surface area contributed by atoms with Crippen molar-refractivity contribution in [1.82, 2.24) is 19.8 Å². The lowest BCUT2D eigenvalue weighted by atomic mass is 10.0. The lowest BCUT2D eigenvalue weighted by Gasteiger charge is -2.30. The number of rotatable bonds is 8. The summed E-state index contributed by atoms with van der Waals surface area (Å²) in [4.78, 5) is 33.4. The first-order valence-corrected chi connectivity index (χ1v) is 13.5. The van der Waals surface area contributed by atoms with Crippen LogP contribution in [-0.2, 0) is 17.8 Å². The molecule has 2 N–H and O–H groups in total. The Bertz CT molecular complexity index is 1290. The summed E-state index contributed by atoms with van der Waals surface area (Å²) in [5.74, 6) is 0.0639. The first kappa shape index (κ1) is 24.6. The van der Waals surface area contributed by atoms with E-state index in [0.717, 1.165) is 18.5 Å². The zero-order valence-corrected chi connectivity index (χ0v) is 21.3. The molecule has 0 radical (unpaired) electrons. The summed E-state index contributed by atoms with van der Waals surface area (Å²) in [7, 11) is 0. The summed E-state index contributed by atoms with van der Waals surface area (Å²) >= 11 is 1.62. The molecule has 2 aromatic carbocycles. The van der Waals surface area contributed by atoms with Gasteiger partial charge < -0.3 is 15.3 Å². The maximum absolute atomic E-state index is 13.8. The minimum atomic E-state index is -0.198. The quantitative estimate of drug-likeness (QED) is 0.447. The van der Waals surface area contributed by atoms with Crippen LogP contribution < -0.4 is 10.9 Å². The number of aromatic hydroxyl groups is 1. The van der Waals surface area contributed by atoms with Crippen LogP contribution in [0, 0.1) is 0 Å². The van der Waals surface area contributed by atoms with Gasteiger partial charge in [0.05, 0.1) is 23.5 Å². The second-order valence-corrected chi connectivity index (χ2v) is 10.8. The molecule has 1 saturated carbocycles. The number of carbonyl (C=O) groups excluding carboxylic acids is 1. The predicted octanol–water partition coefficient (Wildman–Crippen LogP) is 4.21. The molecule has 5 rings (SSSR count). The van der Waals surface area contributed by atoms with Crippen LogP contribution in [-0.4, -0.2) is 43.8 Å². The molecule has 7 nitrogen and oxygen atoms in total. The number of nitrogens with one attached hydrogen (secondary N) is 1. The highest BCUT2D eigenvalue weighted by molar-refractivity contribution is 7.99. The minimum absolute atomic E-state index is 0.0230. The Morgan fingerprint density at radius 3 is 2.64 bits per heavy atom. The molecular formula is C28H32N4O3S. The van der Waals surface area contributed by atoms with Gasteiger partial charge in [0.1, 0.15) is 5.75 Å². The third kappa shape index (κ3) is 5.20. The number of phenolic OH excluding ortho intramolecular Hbond substituents is 1. The SMILES string of the molecule is C[C@@H](NCCC(=O)N1CCc2nc(SC3CCC3)n(-c3ccccc3O)c(=O)c2C1)c1ccccc1. The number of fused-ring (bicyclic) bond motifs is 1. The minimum Gasteiger partial charge on any atom is -0.506 e. The van der Waals surface area contributed by atoms with Crippen LogP contribution in [0.4, 0.5) is 0 Å². The van der Waals surface area contributed by atoms with Crippen LogP contribution in [0.5, 0.6) is 5.75 Å². The van der Waals surface area contributed by atoms with Gasteiger partial charge in [0.15, 0.2) is 5.16 Å². The number of para-hydroxylation sites is 2. The average Bonchev–Trinajstić information content (AvgIpc) is 2.87. The van der Waals surface area contributed by atoms with Gasteiger partial charge in [-0.2, -0.15) is 0 Å². The highest BCUT2D eigenvalue weighted by atomic mass is 32.2. The molecule has 1 aromatic heterocycles. The second-order valence-electron chi connectivity index (χ2n) is 9.52. The van der Waals surface area contributed by atoms with Crippen molar-refractivity contribution in [2.45, 2.75) is 62.0 Å². The van der Waals surface area contributed by atoms with Crippen molar-refractivity contribution in [3.05, 3.63) is 81.8 Å². The lowest BCUT2D eigenvalue weighted by Crippen LogP contribution is -2.42. The molecule has 1 aliphatic heterocycles. The third-order valence-corrected chi connectivity index (χ3v) is 8.38. The summed E-state index contributed by atoms with van der Waals surface area (Å²) in [6.45, 7) is 3.45. The molecule has 2 heterocycles. The van der Waals surface area contributed by atoms with Crippen LogP contribution in [0.2, 0.25) is 0 Å². The molecular weight excluding hydrogens is 472 g/mol. The molecule has 8 heteroatoms. The fourth-order valence-corrected chi connectivity index (χ4v) is 5.98. The van der Waals surface area contributed by atoms with Gasteiger partial charge in [0.25, 0.3) is 5.56 Å². The molecule has 0 unspecified atom stereocenters. The Hall–Kier alpha value is -3.10. The number of hydrogen-bond donors (Lipinski definition) is 2. The van der Waals surface area contributed by atoms with Gasteiger partial charge in [-0.1, -0.05) is 60.6 Å². The Kier molecular flexibility index (Phi) is 7.43. The Balaban J connectivity index is 1.33. The molecule has 36 heavy (non-hydrogen) atoms. The third-order valence-electron chi connectivity index (χ3n) is 7.09. The maximum Gasteiger partial charge on any atom is 0.264 e. The average molecular weight is 505 g/mol. The molecule has 0 bridgehead atoms. The number of hydrogen-bond acceptors (Lipinski definition) is 6. The van der Waals surface area contributed by atoms with E-state index >= 15 is 0 Å². The molecule has 3 aromatic rings. The number of nitrogens with zero attached hydrogens (tertiary/aromatic N) is 3. The van der Waals surface area contributed by atoms with Crippen molar-refractivity contribution < 1.29 is 9.90 Å². The van der Waals surface area contributed by atoms with Gasteiger partial charge in [-0.25, -0.2) is 4.98 Å². The largest absolute Gasteiger partial charge is 0.506 e. The molecule has 1 amide bonds. The Morgan fingerprint density at radius 2 is 1.92 bits per heavy atom. The highest BCUT2D eigenvalue weighted by Crippen LogP contribution is 2.37. The van der Waals surface area contributed by atoms with Gasteiger partial charge in [-0.15, -0.1) is 0 Å². The summed E-state index contributed by atoms with van der Waals surface area (Å²) < 4.78 is 1.54. The lowest BCUT2D eigenvalue weighted by molar-refractivity contribution is -0.132. The first-order chi connectivity index (χ1) is 17.5. The predicted molar refractivity (Wildman–Crippen MR) is 142 cm³/mol. The van der Waals surface area contributed by atoms with E-state index in [1.807, 2.05) is 18.2 Å². The topological polar surface area (TPSA) is 87.5 Å². The van der Waals surface area contributed by atoms with Gasteiger partial charge in [-0.3, -0.25) is 14.2 Å². The number of phenols is 1. The van der Waals surface area contributed by atoms with E-state index in [1.54, 1.807) is 40.9 Å². The smallest absolute Gasteiger partial charge is 0.264 e. The Labute approximate surface area is 215 Å². The summed E-state index contributed by atoms with van der Waals surface area (Å²) in [6, 6.07) is 17.2. The molecule has 1 fully saturated rings. The van der Waals surface area contributed by atoms with Crippen molar-refractivity contribution in [2.75, 3.05) is 13.1 Å². The summed E-state index contributed by atoms with van der Waals surface area (Å²) in [6.07, 6.45) is 4.34. The standard InChI is InChI=1S/C28H32N4O3S/c1-19(20-8-3-2-4-9-20)29-16-14-26(34)31-17-15-23-22(18-31)27(35)32(24-12-5-6-13-25(24)33)28(30-23)36-21-10-7-11-21/h2-6,8-9,12-13,19,21,29,33H,7,10-11,14-18H2,1H3/t19-/m1/s1. The van der Waals surface area contributed by atoms with Crippen molar-refractivity contribution in [2.24, 2.45) is 0 Å². The summed E-state index contributed by atoms with van der Waals surface area (Å²) in [5.41, 5.74) is 2.73. The zero-order valence-electron chi connectivity index (χ0n) is 20.5. The number of carbonyl (C=O) groups is 1. The first-order valence-electron chi connectivity index (χ1n) is 12.7. The van der Waals surface area contributed by atoms with Crippen molar-refractivity contribution in [1.29, 1.82) is 0 Å². The Morgan fingerprint density at radius 1 is 1.17 bits per heavy atom. The van der Waals surface area contributed by atoms with Crippen LogP contribution in [0.3, 0.4) is 0 Å². The summed E-state index contributed by atoms with van der Waals surface area (Å²) in [5, 5.41) is 15.0. The number of benzene rings is 2. The van der Waals surface area contributed by atoms with E-state index in [9.17, 15) is 14.7 Å². The van der Waals surface area contributed by atoms with E-state index in [1.165, 1.54) is 16.6 Å². The fraction of sp³-hybridized carbons (Fsp3) is 0.393. The van der Waals surface area contributed by atoms with E-state index in [4.69, 9.17) is 4.98 Å².